The van der Waals surface area contributed by atoms with Gasteiger partial charge in [0.05, 0.1) is 18.5 Å². The van der Waals surface area contributed by atoms with Gasteiger partial charge in [0.2, 0.25) is 0 Å². The van der Waals surface area contributed by atoms with E-state index < -0.39 is 11.5 Å². The lowest BCUT2D eigenvalue weighted by molar-refractivity contribution is 0.114. The van der Waals surface area contributed by atoms with Crippen molar-refractivity contribution in [3.63, 3.8) is 0 Å². The van der Waals surface area contributed by atoms with Crippen molar-refractivity contribution in [2.75, 3.05) is 7.11 Å². The van der Waals surface area contributed by atoms with Crippen LogP contribution in [0.5, 0.6) is 23.0 Å². The van der Waals surface area contributed by atoms with Crippen LogP contribution in [0, 0.1) is 12.8 Å². The van der Waals surface area contributed by atoms with Crippen molar-refractivity contribution < 1.29 is 30.3 Å². The summed E-state index contributed by atoms with van der Waals surface area (Å²) in [5.74, 6) is 0.328. The minimum absolute atomic E-state index is 0.0353. The second-order valence-electron chi connectivity index (χ2n) is 11.3. The Kier molecular flexibility index (Phi) is 7.45. The van der Waals surface area contributed by atoms with Gasteiger partial charge in [-0.3, -0.25) is 0 Å². The third kappa shape index (κ3) is 5.61. The van der Waals surface area contributed by atoms with E-state index in [1.54, 1.807) is 44.2 Å². The molecule has 6 nitrogen and oxygen atoms in total. The van der Waals surface area contributed by atoms with E-state index >= 15 is 0 Å². The number of phenols is 3. The smallest absolute Gasteiger partial charge is 0.125 e. The molecular formula is C35H36O6. The Balaban J connectivity index is 1.72. The van der Waals surface area contributed by atoms with E-state index in [1.165, 1.54) is 7.11 Å². The summed E-state index contributed by atoms with van der Waals surface area (Å²) in [5, 5.41) is 53.7. The molecule has 0 amide bonds. The Hall–Kier alpha value is -4.42. The number of aromatic hydroxyl groups is 3. The van der Waals surface area contributed by atoms with E-state index in [2.05, 4.69) is 0 Å². The molecule has 212 valence electrons. The highest BCUT2D eigenvalue weighted by molar-refractivity contribution is 5.77. The number of hydrogen-bond acceptors (Lipinski definition) is 6. The Morgan fingerprint density at radius 2 is 1.54 bits per heavy atom. The maximum Gasteiger partial charge on any atom is 0.125 e. The lowest BCUT2D eigenvalue weighted by atomic mass is 9.80. The monoisotopic (exact) mass is 552 g/mol. The average Bonchev–Trinajstić information content (AvgIpc) is 2.93. The van der Waals surface area contributed by atoms with E-state index in [1.807, 2.05) is 55.5 Å². The van der Waals surface area contributed by atoms with E-state index in [0.717, 1.165) is 22.3 Å². The summed E-state index contributed by atoms with van der Waals surface area (Å²) in [4.78, 5) is 0. The highest BCUT2D eigenvalue weighted by Gasteiger charge is 2.28. The van der Waals surface area contributed by atoms with Crippen molar-refractivity contribution in [2.24, 2.45) is 5.92 Å². The van der Waals surface area contributed by atoms with Crippen LogP contribution in [0.15, 0.2) is 84.7 Å². The van der Waals surface area contributed by atoms with Gasteiger partial charge in [-0.1, -0.05) is 43.4 Å². The molecule has 2 aliphatic carbocycles. The summed E-state index contributed by atoms with van der Waals surface area (Å²) >= 11 is 0. The molecule has 0 bridgehead atoms. The molecule has 6 heteroatoms. The molecule has 5 N–H and O–H groups in total. The maximum atomic E-state index is 11.3. The van der Waals surface area contributed by atoms with Gasteiger partial charge >= 0.3 is 0 Å². The molecule has 3 aromatic carbocycles. The minimum Gasteiger partial charge on any atom is -0.512 e. The van der Waals surface area contributed by atoms with Gasteiger partial charge in [-0.25, -0.2) is 0 Å². The van der Waals surface area contributed by atoms with Gasteiger partial charge in [0, 0.05) is 29.0 Å². The van der Waals surface area contributed by atoms with Crippen molar-refractivity contribution in [3.05, 3.63) is 118 Å². The Bertz CT molecular complexity index is 1620. The van der Waals surface area contributed by atoms with Crippen LogP contribution in [0.25, 0.3) is 11.1 Å². The maximum absolute atomic E-state index is 11.3. The SMILES string of the molecule is COc1cc(C(c2cc(C3=CCC(C)(O)C=C3)ccc2O)c2cc(C3=CC=C(O)CC3C)ccc2O)cc(O)c1C. The molecule has 0 aromatic heterocycles. The number of benzene rings is 3. The van der Waals surface area contributed by atoms with Crippen molar-refractivity contribution in [1.82, 2.24) is 0 Å². The van der Waals surface area contributed by atoms with Gasteiger partial charge in [-0.2, -0.15) is 0 Å². The van der Waals surface area contributed by atoms with E-state index in [9.17, 15) is 25.5 Å². The number of phenolic OH excluding ortho intramolecular Hbond substituents is 3. The zero-order valence-electron chi connectivity index (χ0n) is 23.7. The topological polar surface area (TPSA) is 110 Å². The van der Waals surface area contributed by atoms with Gasteiger partial charge in [0.15, 0.2) is 0 Å². The molecular weight excluding hydrogens is 516 g/mol. The molecule has 0 saturated carbocycles. The van der Waals surface area contributed by atoms with Crippen LogP contribution in [0.3, 0.4) is 0 Å². The van der Waals surface area contributed by atoms with E-state index in [4.69, 9.17) is 4.74 Å². The molecule has 0 aliphatic heterocycles. The van der Waals surface area contributed by atoms with Gasteiger partial charge < -0.3 is 30.3 Å². The van der Waals surface area contributed by atoms with Crippen LogP contribution >= 0.6 is 0 Å². The number of hydrogen-bond donors (Lipinski definition) is 5. The van der Waals surface area contributed by atoms with Crippen LogP contribution in [0.2, 0.25) is 0 Å². The summed E-state index contributed by atoms with van der Waals surface area (Å²) < 4.78 is 5.56. The van der Waals surface area contributed by atoms with Crippen LogP contribution in [-0.2, 0) is 0 Å². The first kappa shape index (κ1) is 28.1. The second-order valence-corrected chi connectivity index (χ2v) is 11.3. The fourth-order valence-corrected chi connectivity index (χ4v) is 5.69. The first-order valence-corrected chi connectivity index (χ1v) is 13.7. The van der Waals surface area contributed by atoms with Crippen molar-refractivity contribution in [2.45, 2.75) is 45.1 Å². The standard InChI is InChI=1S/C35H36O6/c1-20-15-26(36)7-8-27(20)24-6-10-31(38)29(17-24)34(25-18-32(39)21(2)33(19-25)41-4)28-16-23(5-9-30(28)37)22-11-13-35(3,40)14-12-22/h5-13,16-20,34,36-40H,14-15H2,1-4H3. The fourth-order valence-electron chi connectivity index (χ4n) is 5.69. The Morgan fingerprint density at radius 1 is 0.878 bits per heavy atom. The third-order valence-electron chi connectivity index (χ3n) is 8.11. The second kappa shape index (κ2) is 10.9. The van der Waals surface area contributed by atoms with Crippen molar-refractivity contribution >= 4 is 11.1 Å². The summed E-state index contributed by atoms with van der Waals surface area (Å²) in [6, 6.07) is 14.2. The van der Waals surface area contributed by atoms with Crippen LogP contribution in [0.4, 0.5) is 0 Å². The predicted molar refractivity (Wildman–Crippen MR) is 161 cm³/mol. The summed E-state index contributed by atoms with van der Waals surface area (Å²) in [6.07, 6.45) is 10.2. The molecule has 3 unspecified atom stereocenters. The van der Waals surface area contributed by atoms with Gasteiger partial charge in [-0.05, 0) is 96.5 Å². The van der Waals surface area contributed by atoms with E-state index in [-0.39, 0.29) is 23.2 Å². The molecule has 0 fully saturated rings. The molecule has 0 saturated heterocycles. The molecule has 41 heavy (non-hydrogen) atoms. The number of aliphatic hydroxyl groups excluding tert-OH is 1. The van der Waals surface area contributed by atoms with Crippen molar-refractivity contribution in [1.29, 1.82) is 0 Å². The minimum atomic E-state index is -0.912. The first-order chi connectivity index (χ1) is 19.5. The summed E-state index contributed by atoms with van der Waals surface area (Å²) in [7, 11) is 1.54. The highest BCUT2D eigenvalue weighted by Crippen LogP contribution is 2.46. The number of ether oxygens (including phenoxy) is 1. The summed E-state index contributed by atoms with van der Waals surface area (Å²) in [5.41, 5.74) is 5.05. The molecule has 3 atom stereocenters. The van der Waals surface area contributed by atoms with Crippen LogP contribution in [-0.4, -0.2) is 38.2 Å². The molecule has 0 heterocycles. The summed E-state index contributed by atoms with van der Waals surface area (Å²) in [6.45, 7) is 5.56. The van der Waals surface area contributed by atoms with Crippen LogP contribution < -0.4 is 4.74 Å². The average molecular weight is 553 g/mol. The van der Waals surface area contributed by atoms with Gasteiger partial charge in [-0.15, -0.1) is 0 Å². The lowest BCUT2D eigenvalue weighted by Gasteiger charge is -2.26. The lowest BCUT2D eigenvalue weighted by Crippen LogP contribution is -2.21. The third-order valence-corrected chi connectivity index (χ3v) is 8.11. The molecule has 0 spiro atoms. The van der Waals surface area contributed by atoms with Gasteiger partial charge in [0.1, 0.15) is 23.0 Å². The largest absolute Gasteiger partial charge is 0.512 e. The zero-order chi connectivity index (χ0) is 29.5. The number of allylic oxidation sites excluding steroid dienone is 6. The fraction of sp³-hybridized carbons (Fsp3) is 0.257. The Morgan fingerprint density at radius 3 is 2.15 bits per heavy atom. The normalized spacial score (nSPS) is 21.1. The van der Waals surface area contributed by atoms with Crippen LogP contribution in [0.1, 0.15) is 66.0 Å². The Labute approximate surface area is 240 Å². The predicted octanol–water partition coefficient (Wildman–Crippen LogP) is 7.26. The van der Waals surface area contributed by atoms with Gasteiger partial charge in [0.25, 0.3) is 0 Å². The zero-order valence-corrected chi connectivity index (χ0v) is 23.7. The molecule has 0 radical (unpaired) electrons. The highest BCUT2D eigenvalue weighted by atomic mass is 16.5. The quantitative estimate of drug-likeness (QED) is 0.206. The molecule has 5 rings (SSSR count). The molecule has 3 aromatic rings. The molecule has 2 aliphatic rings. The number of rotatable bonds is 6. The number of methoxy groups -OCH3 is 1. The van der Waals surface area contributed by atoms with E-state index in [0.29, 0.717) is 46.6 Å². The van der Waals surface area contributed by atoms with Crippen molar-refractivity contribution in [3.8, 4) is 23.0 Å². The first-order valence-electron chi connectivity index (χ1n) is 13.7. The number of aliphatic hydroxyl groups is 2.